The van der Waals surface area contributed by atoms with Gasteiger partial charge in [-0.1, -0.05) is 12.1 Å². The zero-order valence-electron chi connectivity index (χ0n) is 10.6. The Kier molecular flexibility index (Phi) is 3.85. The van der Waals surface area contributed by atoms with Crippen LogP contribution in [0.4, 0.5) is 17.2 Å². The van der Waals surface area contributed by atoms with Crippen LogP contribution < -0.4 is 10.5 Å². The molecule has 2 N–H and O–H groups in total. The van der Waals surface area contributed by atoms with Gasteiger partial charge in [-0.15, -0.1) is 0 Å². The molecule has 8 heteroatoms. The highest BCUT2D eigenvalue weighted by Crippen LogP contribution is 2.26. The van der Waals surface area contributed by atoms with Crippen LogP contribution in [0.1, 0.15) is 5.56 Å². The van der Waals surface area contributed by atoms with E-state index in [4.69, 9.17) is 10.5 Å². The summed E-state index contributed by atoms with van der Waals surface area (Å²) in [7, 11) is 1.44. The van der Waals surface area contributed by atoms with Crippen molar-refractivity contribution < 1.29 is 9.66 Å². The van der Waals surface area contributed by atoms with Crippen LogP contribution in [0.3, 0.4) is 0 Å². The number of aromatic nitrogens is 2. The van der Waals surface area contributed by atoms with Crippen LogP contribution in [-0.4, -0.2) is 28.2 Å². The number of anilines is 1. The molecule has 1 heterocycles. The Morgan fingerprint density at radius 2 is 2.25 bits per heavy atom. The number of nitro benzene ring substituents is 1. The average Bonchev–Trinajstić information content (AvgIpc) is 2.46. The number of non-ortho nitro benzene ring substituents is 1. The highest BCUT2D eigenvalue weighted by molar-refractivity contribution is 5.84. The van der Waals surface area contributed by atoms with E-state index < -0.39 is 4.92 Å². The van der Waals surface area contributed by atoms with Gasteiger partial charge in [0.1, 0.15) is 12.0 Å². The smallest absolute Gasteiger partial charge is 0.270 e. The Morgan fingerprint density at radius 1 is 1.45 bits per heavy atom. The largest absolute Gasteiger partial charge is 0.479 e. The summed E-state index contributed by atoms with van der Waals surface area (Å²) in [6.45, 7) is 0. The molecule has 0 aliphatic heterocycles. The van der Waals surface area contributed by atoms with Crippen LogP contribution in [0.2, 0.25) is 0 Å². The van der Waals surface area contributed by atoms with Crippen molar-refractivity contribution in [3.63, 3.8) is 0 Å². The molecule has 0 fully saturated rings. The molecule has 20 heavy (non-hydrogen) atoms. The van der Waals surface area contributed by atoms with Gasteiger partial charge in [0.05, 0.1) is 12.0 Å². The molecule has 1 aromatic heterocycles. The third kappa shape index (κ3) is 2.86. The molecule has 0 aliphatic rings. The number of benzene rings is 1. The zero-order chi connectivity index (χ0) is 14.5. The highest BCUT2D eigenvalue weighted by Gasteiger charge is 2.07. The molecular formula is C12H11N5O3. The van der Waals surface area contributed by atoms with E-state index in [0.717, 1.165) is 0 Å². The second-order valence-corrected chi connectivity index (χ2v) is 3.73. The van der Waals surface area contributed by atoms with Crippen LogP contribution >= 0.6 is 0 Å². The van der Waals surface area contributed by atoms with Gasteiger partial charge in [-0.2, -0.15) is 4.98 Å². The SMILES string of the molecule is COc1ncnc(N=Cc2cccc([N+](=O)[O-])c2)c1N. The number of nitrogens with two attached hydrogens (primary N) is 1. The summed E-state index contributed by atoms with van der Waals surface area (Å²) in [6.07, 6.45) is 2.71. The minimum Gasteiger partial charge on any atom is -0.479 e. The molecule has 102 valence electrons. The molecule has 0 saturated carbocycles. The molecule has 0 radical (unpaired) electrons. The molecule has 0 unspecified atom stereocenters. The Balaban J connectivity index is 2.30. The molecule has 8 nitrogen and oxygen atoms in total. The van der Waals surface area contributed by atoms with Crippen molar-refractivity contribution in [1.29, 1.82) is 0 Å². The number of hydrogen-bond donors (Lipinski definition) is 1. The number of methoxy groups -OCH3 is 1. The topological polar surface area (TPSA) is 117 Å². The fourth-order valence-corrected chi connectivity index (χ4v) is 1.49. The number of aliphatic imine (C=N–C) groups is 1. The summed E-state index contributed by atoms with van der Waals surface area (Å²) in [4.78, 5) is 22.0. The predicted octanol–water partition coefficient (Wildman–Crippen LogP) is 1.73. The lowest BCUT2D eigenvalue weighted by Crippen LogP contribution is -1.97. The van der Waals surface area contributed by atoms with E-state index in [1.54, 1.807) is 12.1 Å². The first-order valence-corrected chi connectivity index (χ1v) is 5.55. The molecule has 0 aliphatic carbocycles. The molecule has 0 bridgehead atoms. The van der Waals surface area contributed by atoms with Gasteiger partial charge >= 0.3 is 0 Å². The average molecular weight is 273 g/mol. The van der Waals surface area contributed by atoms with E-state index in [1.807, 2.05) is 0 Å². The normalized spacial score (nSPS) is 10.7. The first-order chi connectivity index (χ1) is 9.61. The van der Waals surface area contributed by atoms with Crippen molar-refractivity contribution in [3.8, 4) is 5.88 Å². The van der Waals surface area contributed by atoms with Gasteiger partial charge in [0.15, 0.2) is 5.82 Å². The van der Waals surface area contributed by atoms with Gasteiger partial charge in [-0.05, 0) is 5.56 Å². The summed E-state index contributed by atoms with van der Waals surface area (Å²) in [5, 5.41) is 10.7. The van der Waals surface area contributed by atoms with Crippen LogP contribution in [0, 0.1) is 10.1 Å². The second-order valence-electron chi connectivity index (χ2n) is 3.73. The third-order valence-electron chi connectivity index (χ3n) is 2.44. The molecule has 1 aromatic carbocycles. The van der Waals surface area contributed by atoms with Crippen LogP contribution in [0.5, 0.6) is 5.88 Å². The summed E-state index contributed by atoms with van der Waals surface area (Å²) in [6, 6.07) is 6.06. The summed E-state index contributed by atoms with van der Waals surface area (Å²) in [5.74, 6) is 0.467. The molecule has 2 rings (SSSR count). The van der Waals surface area contributed by atoms with Crippen molar-refractivity contribution in [2.24, 2.45) is 4.99 Å². The Labute approximate surface area is 114 Å². The number of nitrogen functional groups attached to an aromatic ring is 1. The van der Waals surface area contributed by atoms with Gasteiger partial charge in [-0.3, -0.25) is 10.1 Å². The van der Waals surface area contributed by atoms with E-state index in [2.05, 4.69) is 15.0 Å². The van der Waals surface area contributed by atoms with Crippen LogP contribution in [-0.2, 0) is 0 Å². The Morgan fingerprint density at radius 3 is 2.95 bits per heavy atom. The maximum Gasteiger partial charge on any atom is 0.270 e. The molecule has 0 atom stereocenters. The quantitative estimate of drug-likeness (QED) is 0.515. The highest BCUT2D eigenvalue weighted by atomic mass is 16.6. The lowest BCUT2D eigenvalue weighted by Gasteiger charge is -2.03. The Bertz CT molecular complexity index is 672. The molecular weight excluding hydrogens is 262 g/mol. The minimum atomic E-state index is -0.473. The monoisotopic (exact) mass is 273 g/mol. The summed E-state index contributed by atoms with van der Waals surface area (Å²) >= 11 is 0. The second kappa shape index (κ2) is 5.74. The fourth-order valence-electron chi connectivity index (χ4n) is 1.49. The van der Waals surface area contributed by atoms with Crippen molar-refractivity contribution in [3.05, 3.63) is 46.3 Å². The number of ether oxygens (including phenoxy) is 1. The van der Waals surface area contributed by atoms with Gasteiger partial charge in [0, 0.05) is 18.3 Å². The van der Waals surface area contributed by atoms with Crippen molar-refractivity contribution in [1.82, 2.24) is 9.97 Å². The number of rotatable bonds is 4. The van der Waals surface area contributed by atoms with Crippen LogP contribution in [0.15, 0.2) is 35.6 Å². The van der Waals surface area contributed by atoms with Crippen molar-refractivity contribution in [2.45, 2.75) is 0 Å². The third-order valence-corrected chi connectivity index (χ3v) is 2.44. The summed E-state index contributed by atoms with van der Waals surface area (Å²) < 4.78 is 4.95. The van der Waals surface area contributed by atoms with Gasteiger partial charge in [-0.25, -0.2) is 9.98 Å². The number of nitro groups is 1. The Hall–Kier alpha value is -3.03. The van der Waals surface area contributed by atoms with Gasteiger partial charge in [0.2, 0.25) is 5.88 Å². The van der Waals surface area contributed by atoms with Gasteiger partial charge < -0.3 is 10.5 Å². The summed E-state index contributed by atoms with van der Waals surface area (Å²) in [5.41, 5.74) is 6.52. The lowest BCUT2D eigenvalue weighted by atomic mass is 10.2. The zero-order valence-corrected chi connectivity index (χ0v) is 10.6. The van der Waals surface area contributed by atoms with E-state index in [1.165, 1.54) is 31.8 Å². The fraction of sp³-hybridized carbons (Fsp3) is 0.0833. The molecule has 0 spiro atoms. The minimum absolute atomic E-state index is 0.0119. The van der Waals surface area contributed by atoms with Crippen LogP contribution in [0.25, 0.3) is 0 Å². The predicted molar refractivity (Wildman–Crippen MR) is 73.3 cm³/mol. The van der Waals surface area contributed by atoms with Crippen molar-refractivity contribution in [2.75, 3.05) is 12.8 Å². The van der Waals surface area contributed by atoms with E-state index in [0.29, 0.717) is 5.56 Å². The number of hydrogen-bond acceptors (Lipinski definition) is 7. The number of nitrogens with zero attached hydrogens (tertiary/aromatic N) is 4. The maximum atomic E-state index is 10.7. The van der Waals surface area contributed by atoms with Gasteiger partial charge in [0.25, 0.3) is 5.69 Å². The van der Waals surface area contributed by atoms with Crippen molar-refractivity contribution >= 4 is 23.4 Å². The molecule has 0 amide bonds. The first kappa shape index (κ1) is 13.4. The molecule has 0 saturated heterocycles. The standard InChI is InChI=1S/C12H11N5O3/c1-20-12-10(13)11(15-7-16-12)14-6-8-3-2-4-9(5-8)17(18)19/h2-7H,13H2,1H3. The van der Waals surface area contributed by atoms with E-state index in [-0.39, 0.29) is 23.1 Å². The van der Waals surface area contributed by atoms with E-state index >= 15 is 0 Å². The lowest BCUT2D eigenvalue weighted by molar-refractivity contribution is -0.384. The van der Waals surface area contributed by atoms with E-state index in [9.17, 15) is 10.1 Å². The molecule has 2 aromatic rings. The maximum absolute atomic E-state index is 10.7. The first-order valence-electron chi connectivity index (χ1n) is 5.55.